The largest absolute Gasteiger partial charge is 0.346 e. The summed E-state index contributed by atoms with van der Waals surface area (Å²) in [5.41, 5.74) is 4.92. The van der Waals surface area contributed by atoms with Crippen LogP contribution in [0.15, 0.2) is 18.2 Å². The first-order valence-corrected chi connectivity index (χ1v) is 7.00. The molecule has 0 unspecified atom stereocenters. The molecule has 104 valence electrons. The molecule has 4 heteroatoms. The van der Waals surface area contributed by atoms with Crippen molar-refractivity contribution in [3.63, 3.8) is 0 Å². The van der Waals surface area contributed by atoms with Crippen molar-refractivity contribution in [2.24, 2.45) is 0 Å². The molecule has 4 nitrogen and oxygen atoms in total. The minimum Gasteiger partial charge on any atom is -0.346 e. The molecule has 1 N–H and O–H groups in total. The van der Waals surface area contributed by atoms with Gasteiger partial charge in [-0.1, -0.05) is 6.07 Å². The van der Waals surface area contributed by atoms with Crippen LogP contribution < -0.4 is 0 Å². The molecule has 0 bridgehead atoms. The molecule has 0 atom stereocenters. The van der Waals surface area contributed by atoms with E-state index in [9.17, 15) is 4.79 Å². The van der Waals surface area contributed by atoms with Gasteiger partial charge in [0.1, 0.15) is 5.82 Å². The van der Waals surface area contributed by atoms with Crippen molar-refractivity contribution in [1.29, 1.82) is 0 Å². The normalized spacial score (nSPS) is 14.2. The van der Waals surface area contributed by atoms with Crippen molar-refractivity contribution in [2.45, 2.75) is 27.2 Å². The third kappa shape index (κ3) is 2.11. The summed E-state index contributed by atoms with van der Waals surface area (Å²) < 4.78 is 0. The lowest BCUT2D eigenvalue weighted by Crippen LogP contribution is -2.42. The topological polar surface area (TPSA) is 49.0 Å². The molecule has 1 aromatic carbocycles. The van der Waals surface area contributed by atoms with Gasteiger partial charge in [0.05, 0.1) is 5.69 Å². The monoisotopic (exact) mass is 269 g/mol. The van der Waals surface area contributed by atoms with Gasteiger partial charge in [-0.25, -0.2) is 4.98 Å². The Hall–Kier alpha value is -2.10. The first-order chi connectivity index (χ1) is 9.56. The number of nitrogens with one attached hydrogen (secondary N) is 1. The summed E-state index contributed by atoms with van der Waals surface area (Å²) in [6, 6.07) is 5.89. The number of benzene rings is 1. The van der Waals surface area contributed by atoms with Crippen LogP contribution in [0, 0.1) is 20.8 Å². The quantitative estimate of drug-likeness (QED) is 0.911. The van der Waals surface area contributed by atoms with E-state index in [0.29, 0.717) is 0 Å². The summed E-state index contributed by atoms with van der Waals surface area (Å²) in [6.07, 6.45) is 1.11. The first kappa shape index (κ1) is 12.9. The maximum Gasteiger partial charge on any atom is 0.253 e. The van der Waals surface area contributed by atoms with Gasteiger partial charge >= 0.3 is 0 Å². The highest BCUT2D eigenvalue weighted by Gasteiger charge is 2.22. The van der Waals surface area contributed by atoms with E-state index in [1.54, 1.807) is 0 Å². The summed E-state index contributed by atoms with van der Waals surface area (Å²) >= 11 is 0. The van der Waals surface area contributed by atoms with E-state index in [1.807, 2.05) is 36.9 Å². The Bertz CT molecular complexity index is 668. The number of hydrogen-bond donors (Lipinski definition) is 1. The van der Waals surface area contributed by atoms with E-state index in [4.69, 9.17) is 0 Å². The molecule has 0 spiro atoms. The van der Waals surface area contributed by atoms with E-state index in [0.717, 1.165) is 53.4 Å². The van der Waals surface area contributed by atoms with Gasteiger partial charge in [-0.3, -0.25) is 4.79 Å². The second kappa shape index (κ2) is 4.78. The molecule has 3 rings (SSSR count). The molecule has 20 heavy (non-hydrogen) atoms. The van der Waals surface area contributed by atoms with Gasteiger partial charge in [0.15, 0.2) is 0 Å². The Morgan fingerprint density at radius 2 is 2.00 bits per heavy atom. The van der Waals surface area contributed by atoms with E-state index in [1.165, 1.54) is 0 Å². The fraction of sp³-hybridized carbons (Fsp3) is 0.375. The minimum atomic E-state index is 0.127. The Morgan fingerprint density at radius 3 is 2.55 bits per heavy atom. The number of aryl methyl sites for hydroxylation is 3. The predicted octanol–water partition coefficient (Wildman–Crippen LogP) is 2.85. The number of hydrogen-bond acceptors (Lipinski definition) is 2. The maximum absolute atomic E-state index is 12.3. The minimum absolute atomic E-state index is 0.127. The molecule has 0 aliphatic carbocycles. The number of imidazole rings is 1. The number of amides is 1. The molecular formula is C16H19N3O. The highest BCUT2D eigenvalue weighted by Crippen LogP contribution is 2.27. The number of carbonyl (C=O) groups is 1. The Kier molecular flexibility index (Phi) is 3.08. The Labute approximate surface area is 118 Å². The second-order valence-corrected chi connectivity index (χ2v) is 5.47. The van der Waals surface area contributed by atoms with Crippen LogP contribution in [0.5, 0.6) is 0 Å². The smallest absolute Gasteiger partial charge is 0.253 e. The molecule has 1 amide bonds. The van der Waals surface area contributed by atoms with Crippen LogP contribution in [0.25, 0.3) is 11.3 Å². The van der Waals surface area contributed by atoms with Crippen LogP contribution in [-0.4, -0.2) is 33.9 Å². The lowest BCUT2D eigenvalue weighted by Gasteiger charge is -2.31. The fourth-order valence-electron chi connectivity index (χ4n) is 2.58. The van der Waals surface area contributed by atoms with Crippen LogP contribution in [0.2, 0.25) is 0 Å². The molecule has 2 heterocycles. The van der Waals surface area contributed by atoms with Crippen molar-refractivity contribution in [2.75, 3.05) is 13.1 Å². The number of carbonyl (C=O) groups excluding carboxylic acids is 1. The molecule has 1 saturated heterocycles. The van der Waals surface area contributed by atoms with Crippen LogP contribution in [0.4, 0.5) is 0 Å². The van der Waals surface area contributed by atoms with Gasteiger partial charge in [-0.15, -0.1) is 0 Å². The van der Waals surface area contributed by atoms with Crippen LogP contribution in [-0.2, 0) is 0 Å². The zero-order valence-corrected chi connectivity index (χ0v) is 12.2. The van der Waals surface area contributed by atoms with Crippen molar-refractivity contribution < 1.29 is 4.79 Å². The van der Waals surface area contributed by atoms with Gasteiger partial charge in [-0.05, 0) is 44.9 Å². The highest BCUT2D eigenvalue weighted by molar-refractivity contribution is 5.96. The molecule has 0 radical (unpaired) electrons. The van der Waals surface area contributed by atoms with Crippen LogP contribution in [0.1, 0.15) is 33.9 Å². The van der Waals surface area contributed by atoms with E-state index in [2.05, 4.69) is 16.9 Å². The lowest BCUT2D eigenvalue weighted by atomic mass is 10.00. The zero-order chi connectivity index (χ0) is 14.3. The second-order valence-electron chi connectivity index (χ2n) is 5.47. The molecule has 2 aromatic rings. The van der Waals surface area contributed by atoms with Crippen molar-refractivity contribution >= 4 is 5.91 Å². The number of H-pyrrole nitrogens is 1. The van der Waals surface area contributed by atoms with E-state index in [-0.39, 0.29) is 5.91 Å². The van der Waals surface area contributed by atoms with Gasteiger partial charge < -0.3 is 9.88 Å². The SMILES string of the molecule is Cc1nc(-c2cc(C(=O)N3CCC3)ccc2C)c(C)[nH]1. The van der Waals surface area contributed by atoms with Gasteiger partial charge in [-0.2, -0.15) is 0 Å². The number of likely N-dealkylation sites (tertiary alicyclic amines) is 1. The van der Waals surface area contributed by atoms with Crippen molar-refractivity contribution in [1.82, 2.24) is 14.9 Å². The highest BCUT2D eigenvalue weighted by atomic mass is 16.2. The van der Waals surface area contributed by atoms with E-state index >= 15 is 0 Å². The fourth-order valence-corrected chi connectivity index (χ4v) is 2.58. The average Bonchev–Trinajstić information content (AvgIpc) is 2.66. The predicted molar refractivity (Wildman–Crippen MR) is 78.8 cm³/mol. The van der Waals surface area contributed by atoms with Crippen LogP contribution >= 0.6 is 0 Å². The van der Waals surface area contributed by atoms with Gasteiger partial charge in [0.25, 0.3) is 5.91 Å². The molecule has 1 fully saturated rings. The Balaban J connectivity index is 2.02. The standard InChI is InChI=1S/C16H19N3O/c1-10-5-6-13(16(20)19-7-4-8-19)9-14(10)15-11(2)17-12(3)18-15/h5-6,9H,4,7-8H2,1-3H3,(H,17,18). The summed E-state index contributed by atoms with van der Waals surface area (Å²) in [4.78, 5) is 22.0. The molecular weight excluding hydrogens is 250 g/mol. The summed E-state index contributed by atoms with van der Waals surface area (Å²) in [7, 11) is 0. The van der Waals surface area contributed by atoms with Crippen LogP contribution in [0.3, 0.4) is 0 Å². The lowest BCUT2D eigenvalue weighted by molar-refractivity contribution is 0.0652. The number of rotatable bonds is 2. The average molecular weight is 269 g/mol. The molecule has 1 aliphatic heterocycles. The third-order valence-electron chi connectivity index (χ3n) is 3.89. The van der Waals surface area contributed by atoms with Gasteiger partial charge in [0.2, 0.25) is 0 Å². The molecule has 1 aromatic heterocycles. The maximum atomic E-state index is 12.3. The number of aromatic amines is 1. The van der Waals surface area contributed by atoms with Crippen molar-refractivity contribution in [3.05, 3.63) is 40.8 Å². The molecule has 0 saturated carbocycles. The molecule has 1 aliphatic rings. The van der Waals surface area contributed by atoms with Crippen molar-refractivity contribution in [3.8, 4) is 11.3 Å². The third-order valence-corrected chi connectivity index (χ3v) is 3.89. The number of nitrogens with zero attached hydrogens (tertiary/aromatic N) is 2. The first-order valence-electron chi connectivity index (χ1n) is 7.00. The summed E-state index contributed by atoms with van der Waals surface area (Å²) in [6.45, 7) is 7.77. The summed E-state index contributed by atoms with van der Waals surface area (Å²) in [5, 5.41) is 0. The number of aromatic nitrogens is 2. The van der Waals surface area contributed by atoms with E-state index < -0.39 is 0 Å². The Morgan fingerprint density at radius 1 is 1.25 bits per heavy atom. The summed E-state index contributed by atoms with van der Waals surface area (Å²) in [5.74, 6) is 1.03. The van der Waals surface area contributed by atoms with Gasteiger partial charge in [0, 0.05) is 29.9 Å². The zero-order valence-electron chi connectivity index (χ0n) is 12.2.